The van der Waals surface area contributed by atoms with Crippen molar-refractivity contribution in [2.24, 2.45) is 0 Å². The van der Waals surface area contributed by atoms with Crippen LogP contribution in [0.3, 0.4) is 0 Å². The fourth-order valence-corrected chi connectivity index (χ4v) is 4.19. The van der Waals surface area contributed by atoms with Gasteiger partial charge in [0.2, 0.25) is 0 Å². The number of nitro groups is 1. The minimum Gasteiger partial charge on any atom is -0.319 e. The van der Waals surface area contributed by atoms with Gasteiger partial charge in [0, 0.05) is 29.3 Å². The molecule has 0 saturated carbocycles. The highest BCUT2D eigenvalue weighted by molar-refractivity contribution is 7.15. The van der Waals surface area contributed by atoms with Crippen molar-refractivity contribution in [1.82, 2.24) is 19.6 Å². The third-order valence-corrected chi connectivity index (χ3v) is 5.82. The molecule has 1 atom stereocenters. The molecule has 11 heteroatoms. The molecule has 2 aromatic heterocycles. The first kappa shape index (κ1) is 18.7. The van der Waals surface area contributed by atoms with Crippen molar-refractivity contribution in [3.63, 3.8) is 0 Å². The first-order valence-corrected chi connectivity index (χ1v) is 9.44. The summed E-state index contributed by atoms with van der Waals surface area (Å²) in [6, 6.07) is 6.10. The second kappa shape index (κ2) is 6.48. The van der Waals surface area contributed by atoms with Gasteiger partial charge in [-0.05, 0) is 31.5 Å². The Morgan fingerprint density at radius 3 is 2.59 bits per heavy atom. The summed E-state index contributed by atoms with van der Waals surface area (Å²) < 4.78 is 1.46. The number of aryl methyl sites for hydroxylation is 1. The molecule has 1 aliphatic heterocycles. The van der Waals surface area contributed by atoms with Crippen LogP contribution in [0.15, 0.2) is 40.5 Å². The molecule has 3 aromatic rings. The molecule has 0 radical (unpaired) electrons. The lowest BCUT2D eigenvalue weighted by atomic mass is 9.92. The number of carbonyl (C=O) groups excluding carboxylic acids is 2. The third-order valence-electron chi connectivity index (χ3n) is 4.88. The molecule has 1 aliphatic rings. The molecule has 148 valence electrons. The molecule has 29 heavy (non-hydrogen) atoms. The first-order valence-electron chi connectivity index (χ1n) is 8.56. The van der Waals surface area contributed by atoms with Crippen LogP contribution in [0.2, 0.25) is 0 Å². The van der Waals surface area contributed by atoms with Crippen LogP contribution in [0.5, 0.6) is 0 Å². The quantitative estimate of drug-likeness (QED) is 0.396. The van der Waals surface area contributed by atoms with Crippen molar-refractivity contribution >= 4 is 33.9 Å². The molecule has 1 unspecified atom stereocenters. The molecule has 3 heterocycles. The number of hydrogen-bond acceptors (Lipinski definition) is 7. The van der Waals surface area contributed by atoms with Gasteiger partial charge in [0.05, 0.1) is 17.2 Å². The number of benzene rings is 1. The molecular weight excluding hydrogens is 398 g/mol. The van der Waals surface area contributed by atoms with E-state index < -0.39 is 22.4 Å². The zero-order valence-corrected chi connectivity index (χ0v) is 16.2. The van der Waals surface area contributed by atoms with Crippen molar-refractivity contribution in [1.29, 1.82) is 0 Å². The fraction of sp³-hybridized carbons (Fsp3) is 0.222. The van der Waals surface area contributed by atoms with E-state index in [9.17, 15) is 24.5 Å². The largest absolute Gasteiger partial charge is 0.325 e. The summed E-state index contributed by atoms with van der Waals surface area (Å²) in [6.07, 6.45) is 0. The van der Waals surface area contributed by atoms with Crippen molar-refractivity contribution in [2.75, 3.05) is 0 Å². The zero-order chi connectivity index (χ0) is 20.9. The Balaban J connectivity index is 1.64. The molecule has 0 bridgehead atoms. The number of thiazole rings is 1. The molecule has 3 amide bonds. The highest BCUT2D eigenvalue weighted by atomic mass is 32.1. The molecule has 1 fully saturated rings. The van der Waals surface area contributed by atoms with Gasteiger partial charge in [-0.15, -0.1) is 11.3 Å². The van der Waals surface area contributed by atoms with Gasteiger partial charge in [-0.2, -0.15) is 0 Å². The number of hydrogen-bond donors (Lipinski definition) is 1. The van der Waals surface area contributed by atoms with E-state index in [4.69, 9.17) is 0 Å². The van der Waals surface area contributed by atoms with Gasteiger partial charge in [0.1, 0.15) is 5.54 Å². The maximum Gasteiger partial charge on any atom is 0.325 e. The smallest absolute Gasteiger partial charge is 0.319 e. The van der Waals surface area contributed by atoms with Crippen LogP contribution >= 0.6 is 11.3 Å². The standard InChI is InChI=1S/C18H15N5O5S/c1-10-9-29-17-19-12(7-14(24)22(10)17)8-21-15(25)18(2,20-16(21)26)11-3-5-13(6-4-11)23(27)28/h3-7,9H,8H2,1-2H3,(H,20,26). The minimum absolute atomic E-state index is 0.116. The van der Waals surface area contributed by atoms with E-state index in [2.05, 4.69) is 10.3 Å². The lowest BCUT2D eigenvalue weighted by molar-refractivity contribution is -0.384. The number of rotatable bonds is 4. The number of nitrogens with zero attached hydrogens (tertiary/aromatic N) is 4. The Morgan fingerprint density at radius 1 is 1.24 bits per heavy atom. The summed E-state index contributed by atoms with van der Waals surface area (Å²) in [7, 11) is 0. The number of urea groups is 1. The molecular formula is C18H15N5O5S. The van der Waals surface area contributed by atoms with Crippen LogP contribution in [0.25, 0.3) is 4.96 Å². The molecule has 4 rings (SSSR count). The summed E-state index contributed by atoms with van der Waals surface area (Å²) in [5, 5.41) is 15.3. The Kier molecular flexibility index (Phi) is 4.19. The van der Waals surface area contributed by atoms with Crippen molar-refractivity contribution in [2.45, 2.75) is 25.9 Å². The monoisotopic (exact) mass is 413 g/mol. The molecule has 1 N–H and O–H groups in total. The van der Waals surface area contributed by atoms with E-state index in [0.29, 0.717) is 16.2 Å². The van der Waals surface area contributed by atoms with Gasteiger partial charge >= 0.3 is 6.03 Å². The molecule has 1 saturated heterocycles. The van der Waals surface area contributed by atoms with E-state index in [0.717, 1.165) is 10.6 Å². The Bertz CT molecular complexity index is 1230. The summed E-state index contributed by atoms with van der Waals surface area (Å²) in [5.41, 5.74) is -0.293. The Morgan fingerprint density at radius 2 is 1.93 bits per heavy atom. The summed E-state index contributed by atoms with van der Waals surface area (Å²) >= 11 is 1.29. The summed E-state index contributed by atoms with van der Waals surface area (Å²) in [6.45, 7) is 3.16. The predicted molar refractivity (Wildman–Crippen MR) is 104 cm³/mol. The fourth-order valence-electron chi connectivity index (χ4n) is 3.30. The molecule has 0 spiro atoms. The summed E-state index contributed by atoms with van der Waals surface area (Å²) in [4.78, 5) is 54.0. The second-order valence-electron chi connectivity index (χ2n) is 6.83. The lowest BCUT2D eigenvalue weighted by Crippen LogP contribution is -2.40. The number of nitrogens with one attached hydrogen (secondary N) is 1. The van der Waals surface area contributed by atoms with Gasteiger partial charge < -0.3 is 5.32 Å². The van der Waals surface area contributed by atoms with Crippen LogP contribution in [-0.4, -0.2) is 31.1 Å². The maximum atomic E-state index is 13.0. The SMILES string of the molecule is Cc1csc2nc(CN3C(=O)NC(C)(c4ccc([N+](=O)[O-])cc4)C3=O)cc(=O)n12. The topological polar surface area (TPSA) is 127 Å². The zero-order valence-electron chi connectivity index (χ0n) is 15.4. The van der Waals surface area contributed by atoms with E-state index >= 15 is 0 Å². The minimum atomic E-state index is -1.37. The number of nitro benzene ring substituents is 1. The summed E-state index contributed by atoms with van der Waals surface area (Å²) in [5.74, 6) is -0.527. The number of fused-ring (bicyclic) bond motifs is 1. The maximum absolute atomic E-state index is 13.0. The van der Waals surface area contributed by atoms with Crippen molar-refractivity contribution < 1.29 is 14.5 Å². The van der Waals surface area contributed by atoms with E-state index in [1.165, 1.54) is 53.0 Å². The lowest BCUT2D eigenvalue weighted by Gasteiger charge is -2.22. The van der Waals surface area contributed by atoms with Crippen LogP contribution in [0.4, 0.5) is 10.5 Å². The Hall–Kier alpha value is -3.60. The third kappa shape index (κ3) is 2.95. The number of amides is 3. The van der Waals surface area contributed by atoms with Gasteiger partial charge in [-0.25, -0.2) is 9.78 Å². The van der Waals surface area contributed by atoms with E-state index in [1.54, 1.807) is 12.3 Å². The number of imide groups is 1. The number of carbonyl (C=O) groups is 2. The number of non-ortho nitro benzene ring substituents is 1. The first-order chi connectivity index (χ1) is 13.7. The van der Waals surface area contributed by atoms with E-state index in [-0.39, 0.29) is 17.8 Å². The highest BCUT2D eigenvalue weighted by Gasteiger charge is 2.49. The van der Waals surface area contributed by atoms with Crippen LogP contribution in [-0.2, 0) is 16.9 Å². The molecule has 1 aromatic carbocycles. The van der Waals surface area contributed by atoms with Crippen molar-refractivity contribution in [3.05, 3.63) is 73.1 Å². The highest BCUT2D eigenvalue weighted by Crippen LogP contribution is 2.30. The molecule has 10 nitrogen and oxygen atoms in total. The average molecular weight is 413 g/mol. The van der Waals surface area contributed by atoms with Crippen LogP contribution in [0, 0.1) is 17.0 Å². The second-order valence-corrected chi connectivity index (χ2v) is 7.67. The van der Waals surface area contributed by atoms with Gasteiger partial charge in [0.25, 0.3) is 17.2 Å². The van der Waals surface area contributed by atoms with Crippen molar-refractivity contribution in [3.8, 4) is 0 Å². The average Bonchev–Trinajstić information content (AvgIpc) is 3.15. The Labute approximate surface area is 167 Å². The van der Waals surface area contributed by atoms with E-state index in [1.807, 2.05) is 0 Å². The predicted octanol–water partition coefficient (Wildman–Crippen LogP) is 1.94. The number of aromatic nitrogens is 2. The van der Waals surface area contributed by atoms with Gasteiger partial charge in [-0.1, -0.05) is 0 Å². The van der Waals surface area contributed by atoms with Gasteiger partial charge in [0.15, 0.2) is 4.96 Å². The van der Waals surface area contributed by atoms with Crippen LogP contribution < -0.4 is 10.9 Å². The van der Waals surface area contributed by atoms with Gasteiger partial charge in [-0.3, -0.25) is 29.0 Å². The molecule has 0 aliphatic carbocycles. The van der Waals surface area contributed by atoms with Crippen LogP contribution in [0.1, 0.15) is 23.9 Å². The normalized spacial score (nSPS) is 19.0.